The summed E-state index contributed by atoms with van der Waals surface area (Å²) in [5, 5.41) is 13.2. The number of nitrogens with zero attached hydrogens (tertiary/aromatic N) is 1. The molecule has 10 rings (SSSR count). The van der Waals surface area contributed by atoms with Crippen molar-refractivity contribution in [1.29, 1.82) is 0 Å². The summed E-state index contributed by atoms with van der Waals surface area (Å²) in [6.45, 7) is 6.77. The zero-order valence-electron chi connectivity index (χ0n) is 38.3. The summed E-state index contributed by atoms with van der Waals surface area (Å²) in [5.74, 6) is -0.729. The zero-order valence-corrected chi connectivity index (χ0v) is 38.3. The van der Waals surface area contributed by atoms with Crippen LogP contribution in [-0.2, 0) is 44.9 Å². The predicted molar refractivity (Wildman–Crippen MR) is 256 cm³/mol. The van der Waals surface area contributed by atoms with Gasteiger partial charge in [-0.25, -0.2) is 4.79 Å². The number of carbonyl (C=O) groups is 4. The van der Waals surface area contributed by atoms with Gasteiger partial charge in [-0.15, -0.1) is 0 Å². The molecule has 1 fully saturated rings. The molecular formula is C56H61N5O5. The van der Waals surface area contributed by atoms with E-state index in [0.29, 0.717) is 25.9 Å². The van der Waals surface area contributed by atoms with E-state index < -0.39 is 23.6 Å². The SMILES string of the molecule is CC(C)(C)[C@H](NC(=O)OCC1c2ccccc2-c2ccccc21)C(=O)N1CC(c2ccc3c(c2)CNC(C(=O)NC2CCCc4ccccc42)C3)C[C@H]1C(=O)N[C@@H]1CCCc2ccccc21. The van der Waals surface area contributed by atoms with E-state index in [1.807, 2.05) is 63.2 Å². The first-order valence-electron chi connectivity index (χ1n) is 24.0. The number of ether oxygens (including phenoxy) is 1. The van der Waals surface area contributed by atoms with E-state index in [1.54, 1.807) is 4.90 Å². The molecule has 10 heteroatoms. The van der Waals surface area contributed by atoms with Gasteiger partial charge in [0.05, 0.1) is 18.1 Å². The van der Waals surface area contributed by atoms with Crippen LogP contribution < -0.4 is 21.3 Å². The minimum absolute atomic E-state index is 0.0194. The maximum atomic E-state index is 15.1. The largest absolute Gasteiger partial charge is 0.449 e. The van der Waals surface area contributed by atoms with E-state index >= 15 is 4.79 Å². The molecule has 2 aliphatic heterocycles. The first-order chi connectivity index (χ1) is 32.0. The molecule has 66 heavy (non-hydrogen) atoms. The quantitative estimate of drug-likeness (QED) is 0.117. The molecule has 340 valence electrons. The van der Waals surface area contributed by atoms with Crippen LogP contribution in [0.25, 0.3) is 11.1 Å². The van der Waals surface area contributed by atoms with E-state index in [1.165, 1.54) is 16.7 Å². The van der Waals surface area contributed by atoms with Crippen molar-refractivity contribution in [3.63, 3.8) is 0 Å². The Bertz CT molecular complexity index is 2630. The van der Waals surface area contributed by atoms with Crippen molar-refractivity contribution in [2.75, 3.05) is 13.2 Å². The van der Waals surface area contributed by atoms with Crippen LogP contribution in [-0.4, -0.2) is 60.0 Å². The van der Waals surface area contributed by atoms with Gasteiger partial charge in [-0.2, -0.15) is 0 Å². The highest BCUT2D eigenvalue weighted by Crippen LogP contribution is 2.45. The first kappa shape index (κ1) is 43.6. The number of hydrogen-bond acceptors (Lipinski definition) is 6. The lowest BCUT2D eigenvalue weighted by Gasteiger charge is -2.36. The second-order valence-corrected chi connectivity index (χ2v) is 20.2. The Morgan fingerprint density at radius 3 is 1.89 bits per heavy atom. The van der Waals surface area contributed by atoms with E-state index in [4.69, 9.17) is 4.74 Å². The molecule has 0 saturated carbocycles. The molecule has 4 N–H and O–H groups in total. The van der Waals surface area contributed by atoms with Gasteiger partial charge >= 0.3 is 6.09 Å². The minimum atomic E-state index is -0.962. The molecule has 0 radical (unpaired) electrons. The number of rotatable bonds is 9. The molecule has 4 amide bonds. The van der Waals surface area contributed by atoms with E-state index in [9.17, 15) is 14.4 Å². The fourth-order valence-corrected chi connectivity index (χ4v) is 11.5. The summed E-state index contributed by atoms with van der Waals surface area (Å²) in [6, 6.07) is 37.3. The molecule has 0 aromatic heterocycles. The highest BCUT2D eigenvalue weighted by atomic mass is 16.5. The molecule has 6 atom stereocenters. The number of fused-ring (bicyclic) bond motifs is 6. The van der Waals surface area contributed by atoms with Gasteiger partial charge < -0.3 is 30.9 Å². The molecule has 3 aliphatic carbocycles. The maximum absolute atomic E-state index is 15.1. The second kappa shape index (κ2) is 18.2. The van der Waals surface area contributed by atoms with Gasteiger partial charge in [-0.05, 0) is 118 Å². The third kappa shape index (κ3) is 8.63. The summed E-state index contributed by atoms with van der Waals surface area (Å²) in [7, 11) is 0. The van der Waals surface area contributed by atoms with Crippen LogP contribution in [0.3, 0.4) is 0 Å². The Hall–Kier alpha value is -6.26. The van der Waals surface area contributed by atoms with Crippen molar-refractivity contribution in [2.45, 2.75) is 121 Å². The molecular weight excluding hydrogens is 823 g/mol. The molecule has 3 unspecified atom stereocenters. The van der Waals surface area contributed by atoms with Gasteiger partial charge in [-0.1, -0.05) is 136 Å². The lowest BCUT2D eigenvalue weighted by molar-refractivity contribution is -0.142. The average Bonchev–Trinajstić information content (AvgIpc) is 3.92. The predicted octanol–water partition coefficient (Wildman–Crippen LogP) is 8.73. The number of hydrogen-bond donors (Lipinski definition) is 4. The van der Waals surface area contributed by atoms with Crippen molar-refractivity contribution in [2.24, 2.45) is 5.41 Å². The number of alkyl carbamates (subject to hydrolysis) is 1. The smallest absolute Gasteiger partial charge is 0.407 e. The van der Waals surface area contributed by atoms with E-state index in [0.717, 1.165) is 83.0 Å². The van der Waals surface area contributed by atoms with Gasteiger partial charge in [0, 0.05) is 24.9 Å². The van der Waals surface area contributed by atoms with Gasteiger partial charge in [0.15, 0.2) is 0 Å². The van der Waals surface area contributed by atoms with Crippen LogP contribution >= 0.6 is 0 Å². The fraction of sp³-hybridized carbons (Fsp3) is 0.393. The van der Waals surface area contributed by atoms with E-state index in [-0.39, 0.29) is 54.3 Å². The highest BCUT2D eigenvalue weighted by molar-refractivity contribution is 5.93. The van der Waals surface area contributed by atoms with Crippen LogP contribution in [0.5, 0.6) is 0 Å². The zero-order chi connectivity index (χ0) is 45.5. The van der Waals surface area contributed by atoms with Gasteiger partial charge in [-0.3, -0.25) is 14.4 Å². The van der Waals surface area contributed by atoms with Crippen molar-refractivity contribution in [3.05, 3.63) is 165 Å². The lowest BCUT2D eigenvalue weighted by Crippen LogP contribution is -2.58. The Kier molecular flexibility index (Phi) is 12.0. The second-order valence-electron chi connectivity index (χ2n) is 20.2. The van der Waals surface area contributed by atoms with Gasteiger partial charge in [0.2, 0.25) is 17.7 Å². The minimum Gasteiger partial charge on any atom is -0.449 e. The van der Waals surface area contributed by atoms with Crippen LogP contribution in [0, 0.1) is 5.41 Å². The molecule has 1 saturated heterocycles. The standard InChI is InChI=1S/C56H61N5O5/c1-56(2,3)51(60-55(65)66-33-46-44-22-10-8-20-42(44)43-21-9-11-23-45(43)46)54(64)61-32-39(30-50(61)53(63)59-48-25-13-17-35-15-5-7-19-41(35)48)36-26-27-37-29-49(57-31-38(37)28-36)52(62)58-47-24-12-16-34-14-4-6-18-40(34)47/h4-11,14-15,18-23,26-28,39,46-51,57H,12-13,16-17,24-25,29-33H2,1-3H3,(H,58,62)(H,59,63)(H,60,65)/t39?,47?,48-,49?,50+,51-/m1/s1. The van der Waals surface area contributed by atoms with Crippen LogP contribution in [0.4, 0.5) is 4.79 Å². The fourth-order valence-electron chi connectivity index (χ4n) is 11.5. The van der Waals surface area contributed by atoms with Crippen LogP contribution in [0.2, 0.25) is 0 Å². The molecule has 0 spiro atoms. The van der Waals surface area contributed by atoms with Crippen LogP contribution in [0.1, 0.15) is 127 Å². The summed E-state index contributed by atoms with van der Waals surface area (Å²) < 4.78 is 5.97. The monoisotopic (exact) mass is 883 g/mol. The summed E-state index contributed by atoms with van der Waals surface area (Å²) in [5.41, 5.74) is 12.0. The third-order valence-electron chi connectivity index (χ3n) is 15.0. The molecule has 2 heterocycles. The average molecular weight is 884 g/mol. The Morgan fingerprint density at radius 2 is 1.27 bits per heavy atom. The third-order valence-corrected chi connectivity index (χ3v) is 15.0. The maximum Gasteiger partial charge on any atom is 0.407 e. The molecule has 5 aromatic rings. The number of aryl methyl sites for hydroxylation is 2. The number of carbonyl (C=O) groups excluding carboxylic acids is 4. The van der Waals surface area contributed by atoms with Crippen molar-refractivity contribution >= 4 is 23.8 Å². The number of likely N-dealkylation sites (tertiary alicyclic amines) is 1. The van der Waals surface area contributed by atoms with Crippen LogP contribution in [0.15, 0.2) is 115 Å². The molecule has 5 aromatic carbocycles. The van der Waals surface area contributed by atoms with E-state index in [2.05, 4.69) is 94.1 Å². The lowest BCUT2D eigenvalue weighted by atomic mass is 9.85. The Balaban J connectivity index is 0.863. The molecule has 10 nitrogen and oxygen atoms in total. The summed E-state index contributed by atoms with van der Waals surface area (Å²) >= 11 is 0. The topological polar surface area (TPSA) is 129 Å². The molecule has 0 bridgehead atoms. The first-order valence-corrected chi connectivity index (χ1v) is 24.0. The summed E-state index contributed by atoms with van der Waals surface area (Å²) in [6.07, 6.45) is 6.15. The summed E-state index contributed by atoms with van der Waals surface area (Å²) in [4.78, 5) is 58.9. The number of amides is 4. The highest BCUT2D eigenvalue weighted by Gasteiger charge is 2.46. The Labute approximate surface area is 388 Å². The number of benzene rings is 5. The Morgan fingerprint density at radius 1 is 0.697 bits per heavy atom. The molecule has 5 aliphatic rings. The van der Waals surface area contributed by atoms with Crippen molar-refractivity contribution in [3.8, 4) is 11.1 Å². The number of nitrogens with one attached hydrogen (secondary N) is 4. The van der Waals surface area contributed by atoms with Crippen molar-refractivity contribution < 1.29 is 23.9 Å². The normalized spacial score (nSPS) is 22.4. The van der Waals surface area contributed by atoms with Gasteiger partial charge in [0.1, 0.15) is 18.7 Å². The van der Waals surface area contributed by atoms with Gasteiger partial charge in [0.25, 0.3) is 0 Å². The van der Waals surface area contributed by atoms with Crippen molar-refractivity contribution in [1.82, 2.24) is 26.2 Å².